The molecular weight excluding hydrogens is 339 g/mol. The lowest BCUT2D eigenvalue weighted by Crippen LogP contribution is -2.19. The maximum absolute atomic E-state index is 12.7. The maximum atomic E-state index is 12.7. The van der Waals surface area contributed by atoms with Crippen LogP contribution < -0.4 is 10.2 Å². The lowest BCUT2D eigenvalue weighted by Gasteiger charge is -2.17. The van der Waals surface area contributed by atoms with Crippen molar-refractivity contribution in [3.8, 4) is 0 Å². The highest BCUT2D eigenvalue weighted by Gasteiger charge is 2.30. The summed E-state index contributed by atoms with van der Waals surface area (Å²) >= 11 is 0. The third-order valence-electron chi connectivity index (χ3n) is 3.37. The van der Waals surface area contributed by atoms with E-state index in [9.17, 15) is 28.1 Å². The van der Waals surface area contributed by atoms with E-state index in [1.54, 1.807) is 19.0 Å². The van der Waals surface area contributed by atoms with E-state index in [1.165, 1.54) is 24.3 Å². The lowest BCUT2D eigenvalue weighted by atomic mass is 10.1. The SMILES string of the molecule is CN(C)c1ccc([N+](=O)[O-])cc1C(=O)Nc1cccc(C(F)(F)F)c1. The zero-order valence-corrected chi connectivity index (χ0v) is 13.3. The van der Waals surface area contributed by atoms with Crippen LogP contribution in [0.15, 0.2) is 42.5 Å². The van der Waals surface area contributed by atoms with Gasteiger partial charge in [0.25, 0.3) is 11.6 Å². The molecule has 2 rings (SSSR count). The number of anilines is 2. The Morgan fingerprint density at radius 3 is 2.40 bits per heavy atom. The quantitative estimate of drug-likeness (QED) is 0.667. The molecule has 0 unspecified atom stereocenters. The van der Waals surface area contributed by atoms with Crippen LogP contribution in [0.4, 0.5) is 30.2 Å². The number of amides is 1. The van der Waals surface area contributed by atoms with Crippen molar-refractivity contribution < 1.29 is 22.9 Å². The second-order valence-corrected chi connectivity index (χ2v) is 5.39. The lowest BCUT2D eigenvalue weighted by molar-refractivity contribution is -0.384. The Labute approximate surface area is 141 Å². The summed E-state index contributed by atoms with van der Waals surface area (Å²) in [6.07, 6.45) is -4.54. The molecule has 0 saturated carbocycles. The predicted octanol–water partition coefficient (Wildman–Crippen LogP) is 3.93. The fraction of sp³-hybridized carbons (Fsp3) is 0.188. The zero-order chi connectivity index (χ0) is 18.8. The number of hydrogen-bond donors (Lipinski definition) is 1. The number of benzene rings is 2. The molecule has 0 atom stereocenters. The molecule has 0 aliphatic rings. The van der Waals surface area contributed by atoms with Crippen LogP contribution in [0.25, 0.3) is 0 Å². The van der Waals surface area contributed by atoms with Crippen LogP contribution in [0.5, 0.6) is 0 Å². The molecule has 9 heteroatoms. The smallest absolute Gasteiger partial charge is 0.377 e. The van der Waals surface area contributed by atoms with E-state index in [1.807, 2.05) is 0 Å². The first-order chi connectivity index (χ1) is 11.6. The van der Waals surface area contributed by atoms with Gasteiger partial charge in [0.2, 0.25) is 0 Å². The molecule has 0 heterocycles. The standard InChI is InChI=1S/C16H14F3N3O3/c1-21(2)14-7-6-12(22(24)25)9-13(14)15(23)20-11-5-3-4-10(8-11)16(17,18)19/h3-9H,1-2H3,(H,20,23). The first-order valence-corrected chi connectivity index (χ1v) is 7.04. The number of alkyl halides is 3. The third kappa shape index (κ3) is 4.25. The van der Waals surface area contributed by atoms with Crippen molar-refractivity contribution in [3.63, 3.8) is 0 Å². The van der Waals surface area contributed by atoms with Crippen LogP contribution in [0.3, 0.4) is 0 Å². The molecule has 0 aliphatic carbocycles. The van der Waals surface area contributed by atoms with Gasteiger partial charge in [-0.25, -0.2) is 0 Å². The highest BCUT2D eigenvalue weighted by atomic mass is 19.4. The molecule has 0 aliphatic heterocycles. The van der Waals surface area contributed by atoms with Crippen LogP contribution in [-0.4, -0.2) is 24.9 Å². The van der Waals surface area contributed by atoms with Gasteiger partial charge >= 0.3 is 6.18 Å². The van der Waals surface area contributed by atoms with Crippen molar-refractivity contribution in [1.82, 2.24) is 0 Å². The number of nitrogens with one attached hydrogen (secondary N) is 1. The van der Waals surface area contributed by atoms with Crippen molar-refractivity contribution in [2.75, 3.05) is 24.3 Å². The minimum atomic E-state index is -4.54. The van der Waals surface area contributed by atoms with Gasteiger partial charge in [0.05, 0.1) is 16.1 Å². The number of non-ortho nitro benzene ring substituents is 1. The van der Waals surface area contributed by atoms with Crippen LogP contribution in [-0.2, 0) is 6.18 Å². The number of nitro benzene ring substituents is 1. The highest BCUT2D eigenvalue weighted by Crippen LogP contribution is 2.31. The summed E-state index contributed by atoms with van der Waals surface area (Å²) in [6.45, 7) is 0. The summed E-state index contributed by atoms with van der Waals surface area (Å²) in [5.74, 6) is -0.744. The average molecular weight is 353 g/mol. The molecule has 0 fully saturated rings. The molecule has 132 valence electrons. The number of halogens is 3. The second-order valence-electron chi connectivity index (χ2n) is 5.39. The number of carbonyl (C=O) groups is 1. The summed E-state index contributed by atoms with van der Waals surface area (Å²) < 4.78 is 38.2. The van der Waals surface area contributed by atoms with Gasteiger partial charge < -0.3 is 10.2 Å². The second kappa shape index (κ2) is 6.80. The Kier molecular flexibility index (Phi) is 4.96. The topological polar surface area (TPSA) is 75.5 Å². The van der Waals surface area contributed by atoms with Gasteiger partial charge in [0.1, 0.15) is 0 Å². The fourth-order valence-corrected chi connectivity index (χ4v) is 2.18. The number of rotatable bonds is 4. The molecular formula is C16H14F3N3O3. The molecule has 6 nitrogen and oxygen atoms in total. The summed E-state index contributed by atoms with van der Waals surface area (Å²) in [4.78, 5) is 24.3. The zero-order valence-electron chi connectivity index (χ0n) is 13.3. The molecule has 0 spiro atoms. The molecule has 1 amide bonds. The Hall–Kier alpha value is -3.10. The minimum Gasteiger partial charge on any atom is -0.377 e. The molecule has 1 N–H and O–H groups in total. The van der Waals surface area contributed by atoms with Crippen molar-refractivity contribution in [3.05, 3.63) is 63.7 Å². The predicted molar refractivity (Wildman–Crippen MR) is 86.8 cm³/mol. The van der Waals surface area contributed by atoms with Crippen LogP contribution in [0, 0.1) is 10.1 Å². The Balaban J connectivity index is 2.38. The fourth-order valence-electron chi connectivity index (χ4n) is 2.18. The summed E-state index contributed by atoms with van der Waals surface area (Å²) in [5.41, 5.74) is -0.875. The molecule has 0 radical (unpaired) electrons. The van der Waals surface area contributed by atoms with Crippen molar-refractivity contribution >= 4 is 23.0 Å². The maximum Gasteiger partial charge on any atom is 0.416 e. The molecule has 2 aromatic rings. The van der Waals surface area contributed by atoms with E-state index in [2.05, 4.69) is 5.32 Å². The highest BCUT2D eigenvalue weighted by molar-refractivity contribution is 6.08. The normalized spacial score (nSPS) is 11.1. The monoisotopic (exact) mass is 353 g/mol. The van der Waals surface area contributed by atoms with Crippen LogP contribution in [0.2, 0.25) is 0 Å². The molecule has 2 aromatic carbocycles. The number of hydrogen-bond acceptors (Lipinski definition) is 4. The van der Waals surface area contributed by atoms with Crippen LogP contribution in [0.1, 0.15) is 15.9 Å². The molecule has 0 saturated heterocycles. The average Bonchev–Trinajstić information content (AvgIpc) is 2.53. The Bertz CT molecular complexity index is 820. The van der Waals surface area contributed by atoms with Gasteiger partial charge in [-0.2, -0.15) is 13.2 Å². The molecule has 0 aromatic heterocycles. The summed E-state index contributed by atoms with van der Waals surface area (Å²) in [5, 5.41) is 13.2. The first kappa shape index (κ1) is 18.2. The van der Waals surface area contributed by atoms with E-state index >= 15 is 0 Å². The van der Waals surface area contributed by atoms with E-state index in [0.29, 0.717) is 5.69 Å². The number of nitro groups is 1. The van der Waals surface area contributed by atoms with E-state index in [-0.39, 0.29) is 16.9 Å². The van der Waals surface area contributed by atoms with E-state index in [0.717, 1.165) is 18.2 Å². The third-order valence-corrected chi connectivity index (χ3v) is 3.37. The van der Waals surface area contributed by atoms with Crippen LogP contribution >= 0.6 is 0 Å². The largest absolute Gasteiger partial charge is 0.416 e. The van der Waals surface area contributed by atoms with Crippen molar-refractivity contribution in [1.29, 1.82) is 0 Å². The molecule has 25 heavy (non-hydrogen) atoms. The van der Waals surface area contributed by atoms with Gasteiger partial charge in [-0.05, 0) is 24.3 Å². The van der Waals surface area contributed by atoms with Crippen molar-refractivity contribution in [2.45, 2.75) is 6.18 Å². The Morgan fingerprint density at radius 2 is 1.84 bits per heavy atom. The minimum absolute atomic E-state index is 0.0170. The summed E-state index contributed by atoms with van der Waals surface area (Å²) in [6, 6.07) is 7.88. The van der Waals surface area contributed by atoms with Crippen molar-refractivity contribution in [2.24, 2.45) is 0 Å². The Morgan fingerprint density at radius 1 is 1.16 bits per heavy atom. The first-order valence-electron chi connectivity index (χ1n) is 7.04. The summed E-state index contributed by atoms with van der Waals surface area (Å²) in [7, 11) is 3.28. The van der Waals surface area contributed by atoms with E-state index in [4.69, 9.17) is 0 Å². The van der Waals surface area contributed by atoms with Gasteiger partial charge in [-0.3, -0.25) is 14.9 Å². The van der Waals surface area contributed by atoms with Gasteiger partial charge in [-0.1, -0.05) is 6.07 Å². The molecule has 0 bridgehead atoms. The van der Waals surface area contributed by atoms with Gasteiger partial charge in [0, 0.05) is 37.6 Å². The van der Waals surface area contributed by atoms with E-state index < -0.39 is 22.6 Å². The number of nitrogens with zero attached hydrogens (tertiary/aromatic N) is 2. The van der Waals surface area contributed by atoms with Gasteiger partial charge in [-0.15, -0.1) is 0 Å². The number of carbonyl (C=O) groups excluding carboxylic acids is 1. The van der Waals surface area contributed by atoms with Gasteiger partial charge in [0.15, 0.2) is 0 Å².